The number of carboxylic acids is 1. The summed E-state index contributed by atoms with van der Waals surface area (Å²) in [6.07, 6.45) is 7.18. The highest BCUT2D eigenvalue weighted by atomic mass is 28.4. The summed E-state index contributed by atoms with van der Waals surface area (Å²) < 4.78 is 20.3. The van der Waals surface area contributed by atoms with Crippen LogP contribution in [0.15, 0.2) is 48.7 Å². The van der Waals surface area contributed by atoms with Crippen molar-refractivity contribution in [3.8, 4) is 16.9 Å². The first-order valence-corrected chi connectivity index (χ1v) is 21.3. The largest absolute Gasteiger partial charge is 0.543 e. The molecule has 1 fully saturated rings. The monoisotopic (exact) mass is 746 g/mol. The number of aromatic nitrogens is 1. The van der Waals surface area contributed by atoms with Crippen LogP contribution < -0.4 is 15.6 Å². The number of carbonyl (C=O) groups is 3. The maximum atomic E-state index is 13.5. The Kier molecular flexibility index (Phi) is 13.2. The lowest BCUT2D eigenvalue weighted by Gasteiger charge is -2.42. The number of aliphatic carboxylic acids is 1. The first-order chi connectivity index (χ1) is 25.2. The average molecular weight is 747 g/mol. The van der Waals surface area contributed by atoms with Gasteiger partial charge in [-0.3, -0.25) is 19.4 Å². The van der Waals surface area contributed by atoms with E-state index in [9.17, 15) is 19.5 Å². The molecule has 288 valence electrons. The number of amides is 1. The van der Waals surface area contributed by atoms with Crippen LogP contribution in [0, 0.1) is 0 Å². The maximum absolute atomic E-state index is 13.5. The van der Waals surface area contributed by atoms with Gasteiger partial charge >= 0.3 is 11.9 Å². The molecule has 1 amide bonds. The number of ether oxygens (including phenoxy) is 2. The van der Waals surface area contributed by atoms with E-state index >= 15 is 0 Å². The normalized spacial score (nSPS) is 17.4. The van der Waals surface area contributed by atoms with Gasteiger partial charge in [-0.15, -0.1) is 0 Å². The molecule has 53 heavy (non-hydrogen) atoms. The molecule has 1 saturated heterocycles. The Morgan fingerprint density at radius 1 is 1.04 bits per heavy atom. The minimum absolute atomic E-state index is 0.258. The molecule has 0 saturated carbocycles. The zero-order chi connectivity index (χ0) is 38.4. The van der Waals surface area contributed by atoms with Gasteiger partial charge < -0.3 is 29.3 Å². The summed E-state index contributed by atoms with van der Waals surface area (Å²) in [5.41, 5.74) is 16.9. The first-order valence-electron chi connectivity index (χ1n) is 19.1. The molecule has 11 nitrogen and oxygen atoms in total. The van der Waals surface area contributed by atoms with E-state index in [4.69, 9.17) is 19.6 Å². The highest BCUT2D eigenvalue weighted by Crippen LogP contribution is 2.44. The van der Waals surface area contributed by atoms with Gasteiger partial charge in [0.15, 0.2) is 0 Å². The molecular weight excluding hydrogens is 689 g/mol. The van der Waals surface area contributed by atoms with Gasteiger partial charge in [0.05, 0.1) is 25.9 Å². The van der Waals surface area contributed by atoms with E-state index in [2.05, 4.69) is 94.1 Å². The molecule has 0 spiro atoms. The van der Waals surface area contributed by atoms with Crippen molar-refractivity contribution in [1.82, 2.24) is 15.0 Å². The smallest absolute Gasteiger partial charge is 0.322 e. The average Bonchev–Trinajstić information content (AvgIpc) is 3.49. The molecule has 3 heterocycles. The quantitative estimate of drug-likeness (QED) is 0.0845. The van der Waals surface area contributed by atoms with Gasteiger partial charge in [0.25, 0.3) is 14.2 Å². The number of benzene rings is 2. The van der Waals surface area contributed by atoms with Crippen LogP contribution in [0.2, 0.25) is 16.6 Å². The minimum Gasteiger partial charge on any atom is -0.543 e. The van der Waals surface area contributed by atoms with E-state index in [1.165, 1.54) is 23.1 Å². The van der Waals surface area contributed by atoms with Crippen molar-refractivity contribution in [3.63, 3.8) is 0 Å². The third-order valence-corrected chi connectivity index (χ3v) is 16.9. The van der Waals surface area contributed by atoms with Crippen LogP contribution in [0.1, 0.15) is 85.3 Å². The molecule has 12 heteroatoms. The van der Waals surface area contributed by atoms with Gasteiger partial charge in [0, 0.05) is 42.7 Å². The van der Waals surface area contributed by atoms with Crippen LogP contribution in [0.5, 0.6) is 5.75 Å². The Morgan fingerprint density at radius 3 is 2.42 bits per heavy atom. The maximum Gasteiger partial charge on any atom is 0.322 e. The highest BCUT2D eigenvalue weighted by molar-refractivity contribution is 6.78. The highest BCUT2D eigenvalue weighted by Gasteiger charge is 2.47. The number of nitrogens with two attached hydrogens (primary N) is 1. The predicted molar refractivity (Wildman–Crippen MR) is 211 cm³/mol. The summed E-state index contributed by atoms with van der Waals surface area (Å²) in [5.74, 6) is -0.829. The Bertz CT molecular complexity index is 1790. The standard InChI is InChI=1S/C41H58N4O7Si/c1-26(2)53(27(3)4,28(5)6)52-34-21-30(22-37(42)40(47)45-16-8-10-38(43-45)41(48)49)20-33(23-34)32-11-12-35-36(31-13-18-50-19-14-31)25-44(39(35)24-32)15-9-17-51-29(7)46/h11-13,20-21,23-28,37-38,43H,8-10,14-19,22,42H2,1-7H3,(H,48,49)/t37?,38-/m0/s1. The van der Waals surface area contributed by atoms with Crippen molar-refractivity contribution in [3.05, 3.63) is 59.8 Å². The fraction of sp³-hybridized carbons (Fsp3) is 0.537. The van der Waals surface area contributed by atoms with Crippen molar-refractivity contribution in [2.24, 2.45) is 5.73 Å². The Balaban J connectivity index is 1.56. The van der Waals surface area contributed by atoms with Crippen molar-refractivity contribution < 1.29 is 33.4 Å². The lowest BCUT2D eigenvalue weighted by Crippen LogP contribution is -2.58. The molecule has 2 aliphatic rings. The number of aryl methyl sites for hydroxylation is 1. The van der Waals surface area contributed by atoms with E-state index in [1.807, 2.05) is 6.07 Å². The van der Waals surface area contributed by atoms with E-state index in [0.717, 1.165) is 39.8 Å². The molecule has 2 atom stereocenters. The molecule has 2 aromatic carbocycles. The first kappa shape index (κ1) is 40.2. The summed E-state index contributed by atoms with van der Waals surface area (Å²) in [5, 5.41) is 12.1. The number of carboxylic acid groups (broad SMARTS) is 1. The van der Waals surface area contributed by atoms with Crippen LogP contribution in [0.4, 0.5) is 0 Å². The van der Waals surface area contributed by atoms with E-state index in [0.29, 0.717) is 68.8 Å². The summed E-state index contributed by atoms with van der Waals surface area (Å²) in [6, 6.07) is 11.1. The lowest BCUT2D eigenvalue weighted by molar-refractivity contribution is -0.147. The van der Waals surface area contributed by atoms with E-state index in [-0.39, 0.29) is 18.3 Å². The summed E-state index contributed by atoms with van der Waals surface area (Å²) in [7, 11) is -2.35. The zero-order valence-corrected chi connectivity index (χ0v) is 33.4. The van der Waals surface area contributed by atoms with Crippen molar-refractivity contribution in [2.45, 2.75) is 116 Å². The third kappa shape index (κ3) is 9.22. The van der Waals surface area contributed by atoms with Crippen molar-refractivity contribution in [1.29, 1.82) is 0 Å². The SMILES string of the molecule is CC(=O)OCCCn1cc(C2=CCOCC2)c2ccc(-c3cc(CC(N)C(=O)N4CCC[C@@H](C(=O)O)N4)cc(O[Si](C(C)C)(C(C)C)C(C)C)c3)cc21. The molecule has 0 radical (unpaired) electrons. The molecule has 2 aliphatic heterocycles. The van der Waals surface area contributed by atoms with E-state index < -0.39 is 26.4 Å². The predicted octanol–water partition coefficient (Wildman–Crippen LogP) is 7.07. The number of hydrogen-bond acceptors (Lipinski definition) is 8. The number of esters is 1. The van der Waals surface area contributed by atoms with Crippen molar-refractivity contribution in [2.75, 3.05) is 26.4 Å². The molecule has 0 bridgehead atoms. The molecule has 3 aromatic rings. The fourth-order valence-electron chi connectivity index (χ4n) is 8.36. The van der Waals surface area contributed by atoms with Gasteiger partial charge in [-0.2, -0.15) is 0 Å². The second-order valence-electron chi connectivity index (χ2n) is 15.5. The van der Waals surface area contributed by atoms with Gasteiger partial charge in [0.2, 0.25) is 0 Å². The molecule has 4 N–H and O–H groups in total. The van der Waals surface area contributed by atoms with Gasteiger partial charge in [-0.05, 0) is 89.2 Å². The van der Waals surface area contributed by atoms with Crippen LogP contribution in [0.3, 0.4) is 0 Å². The number of nitrogens with one attached hydrogen (secondary N) is 1. The molecule has 1 unspecified atom stereocenters. The summed E-state index contributed by atoms with van der Waals surface area (Å²) >= 11 is 0. The second-order valence-corrected chi connectivity index (χ2v) is 20.8. The number of rotatable bonds is 15. The molecule has 0 aliphatic carbocycles. The van der Waals surface area contributed by atoms with Crippen LogP contribution in [0.25, 0.3) is 27.6 Å². The number of hydrazine groups is 1. The number of fused-ring (bicyclic) bond motifs is 1. The van der Waals surface area contributed by atoms with Gasteiger partial charge in [-0.1, -0.05) is 65.8 Å². The minimum atomic E-state index is -2.35. The Labute approximate surface area is 314 Å². The molecular formula is C41H58N4O7Si. The second kappa shape index (κ2) is 17.4. The topological polar surface area (TPSA) is 145 Å². The Hall–Kier alpha value is -3.97. The number of carbonyl (C=O) groups excluding carboxylic acids is 2. The third-order valence-electron chi connectivity index (χ3n) is 10.9. The zero-order valence-electron chi connectivity index (χ0n) is 32.4. The lowest BCUT2D eigenvalue weighted by atomic mass is 9.96. The van der Waals surface area contributed by atoms with Gasteiger partial charge in [-0.25, -0.2) is 5.43 Å². The van der Waals surface area contributed by atoms with Crippen LogP contribution in [-0.4, -0.2) is 79.3 Å². The summed E-state index contributed by atoms with van der Waals surface area (Å²) in [4.78, 5) is 36.6. The van der Waals surface area contributed by atoms with Crippen molar-refractivity contribution >= 4 is 42.6 Å². The Morgan fingerprint density at radius 2 is 1.77 bits per heavy atom. The van der Waals surface area contributed by atoms with Gasteiger partial charge in [0.1, 0.15) is 11.8 Å². The molecule has 1 aromatic heterocycles. The molecule has 5 rings (SSSR count). The number of nitrogens with zero attached hydrogens (tertiary/aromatic N) is 2. The van der Waals surface area contributed by atoms with E-state index in [1.54, 1.807) is 0 Å². The van der Waals surface area contributed by atoms with Crippen LogP contribution in [-0.2, 0) is 36.8 Å². The summed E-state index contributed by atoms with van der Waals surface area (Å²) in [6.45, 7) is 17.7. The van der Waals surface area contributed by atoms with Crippen LogP contribution >= 0.6 is 0 Å². The number of hydrogen-bond donors (Lipinski definition) is 3. The fourth-order valence-corrected chi connectivity index (χ4v) is 13.6.